The smallest absolute Gasteiger partial charge is 0.203 e. The molecule has 1 N–H and O–H groups in total. The summed E-state index contributed by atoms with van der Waals surface area (Å²) in [4.78, 5) is 4.48. The lowest BCUT2D eigenvalue weighted by atomic mass is 10.2. The first-order valence-corrected chi connectivity index (χ1v) is 8.01. The Bertz CT molecular complexity index is 861. The maximum absolute atomic E-state index is 8.75. The molecule has 0 saturated carbocycles. The Balaban J connectivity index is 1.65. The topological polar surface area (TPSA) is 61.1 Å². The molecule has 0 atom stereocenters. The molecule has 0 saturated heterocycles. The van der Waals surface area contributed by atoms with E-state index in [1.807, 2.05) is 41.8 Å². The molecule has 23 heavy (non-hydrogen) atoms. The number of nitrogens with one attached hydrogen (secondary N) is 1. The van der Waals surface area contributed by atoms with Gasteiger partial charge in [-0.05, 0) is 29.8 Å². The molecule has 0 bridgehead atoms. The Morgan fingerprint density at radius 2 is 1.87 bits per heavy atom. The van der Waals surface area contributed by atoms with Crippen LogP contribution in [0.25, 0.3) is 11.3 Å². The van der Waals surface area contributed by atoms with Crippen molar-refractivity contribution < 1.29 is 0 Å². The number of halogens is 1. The third-order valence-electron chi connectivity index (χ3n) is 3.06. The summed E-state index contributed by atoms with van der Waals surface area (Å²) in [7, 11) is 0. The first-order valence-electron chi connectivity index (χ1n) is 6.75. The second kappa shape index (κ2) is 7.05. The van der Waals surface area contributed by atoms with Crippen LogP contribution in [0.1, 0.15) is 11.1 Å². The van der Waals surface area contributed by atoms with Gasteiger partial charge in [-0.2, -0.15) is 10.4 Å². The molecule has 0 aliphatic rings. The van der Waals surface area contributed by atoms with Crippen LogP contribution in [0.3, 0.4) is 0 Å². The molecule has 1 aromatic heterocycles. The summed E-state index contributed by atoms with van der Waals surface area (Å²) in [5, 5.41) is 16.3. The van der Waals surface area contributed by atoms with Gasteiger partial charge in [-0.1, -0.05) is 35.9 Å². The lowest BCUT2D eigenvalue weighted by Crippen LogP contribution is -1.90. The first-order chi connectivity index (χ1) is 11.2. The fourth-order valence-corrected chi connectivity index (χ4v) is 2.68. The third kappa shape index (κ3) is 3.95. The summed E-state index contributed by atoms with van der Waals surface area (Å²) in [5.74, 6) is 0. The molecular formula is C17H11ClN4S. The van der Waals surface area contributed by atoms with Crippen LogP contribution in [0.5, 0.6) is 0 Å². The van der Waals surface area contributed by atoms with Gasteiger partial charge < -0.3 is 0 Å². The lowest BCUT2D eigenvalue weighted by Gasteiger charge is -1.97. The summed E-state index contributed by atoms with van der Waals surface area (Å²) < 4.78 is 0. The van der Waals surface area contributed by atoms with Gasteiger partial charge in [0.25, 0.3) is 0 Å². The fourth-order valence-electron chi connectivity index (χ4n) is 1.88. The normalized spacial score (nSPS) is 10.6. The van der Waals surface area contributed by atoms with Crippen LogP contribution in [0.2, 0.25) is 5.02 Å². The maximum Gasteiger partial charge on any atom is 0.203 e. The molecule has 0 amide bonds. The summed E-state index contributed by atoms with van der Waals surface area (Å²) in [5.41, 5.74) is 6.33. The highest BCUT2D eigenvalue weighted by atomic mass is 35.5. The molecule has 0 aliphatic heterocycles. The van der Waals surface area contributed by atoms with Crippen molar-refractivity contribution in [1.82, 2.24) is 4.98 Å². The van der Waals surface area contributed by atoms with Crippen LogP contribution in [0.4, 0.5) is 5.13 Å². The maximum atomic E-state index is 8.75. The van der Waals surface area contributed by atoms with Gasteiger partial charge in [0.05, 0.1) is 23.5 Å². The molecule has 0 fully saturated rings. The molecule has 6 heteroatoms. The molecular weight excluding hydrogens is 328 g/mol. The number of nitrogens with zero attached hydrogens (tertiary/aromatic N) is 3. The number of rotatable bonds is 4. The van der Waals surface area contributed by atoms with Gasteiger partial charge in [-0.25, -0.2) is 4.98 Å². The minimum absolute atomic E-state index is 0.627. The number of anilines is 1. The van der Waals surface area contributed by atoms with Crippen molar-refractivity contribution in [1.29, 1.82) is 5.26 Å². The standard InChI is InChI=1S/C17H11ClN4S/c18-15-7-5-14(6-8-15)16-11-23-17(21-16)22-20-10-13-3-1-12(9-19)2-4-13/h1-8,10-11H,(H,21,22)/b20-10-. The summed E-state index contributed by atoms with van der Waals surface area (Å²) in [6, 6.07) is 16.8. The monoisotopic (exact) mass is 338 g/mol. The molecule has 0 aliphatic carbocycles. The average Bonchev–Trinajstić information content (AvgIpc) is 3.05. The van der Waals surface area contributed by atoms with Gasteiger partial charge >= 0.3 is 0 Å². The SMILES string of the molecule is N#Cc1ccc(/C=N\Nc2nc(-c3ccc(Cl)cc3)cs2)cc1. The summed E-state index contributed by atoms with van der Waals surface area (Å²) in [6.45, 7) is 0. The van der Waals surface area contributed by atoms with Crippen molar-refractivity contribution in [3.05, 3.63) is 70.1 Å². The zero-order valence-corrected chi connectivity index (χ0v) is 13.5. The minimum Gasteiger partial charge on any atom is -0.253 e. The number of thiazole rings is 1. The van der Waals surface area contributed by atoms with Crippen LogP contribution in [-0.4, -0.2) is 11.2 Å². The molecule has 0 radical (unpaired) electrons. The van der Waals surface area contributed by atoms with Gasteiger partial charge in [0.2, 0.25) is 5.13 Å². The van der Waals surface area contributed by atoms with Gasteiger partial charge in [-0.3, -0.25) is 5.43 Å². The Morgan fingerprint density at radius 1 is 1.13 bits per heavy atom. The summed E-state index contributed by atoms with van der Waals surface area (Å²) >= 11 is 7.36. The zero-order valence-electron chi connectivity index (χ0n) is 11.9. The third-order valence-corrected chi connectivity index (χ3v) is 4.06. The second-order valence-electron chi connectivity index (χ2n) is 4.65. The molecule has 1 heterocycles. The van der Waals surface area contributed by atoms with Crippen LogP contribution in [0, 0.1) is 11.3 Å². The molecule has 2 aromatic carbocycles. The van der Waals surface area contributed by atoms with Crippen LogP contribution in [0.15, 0.2) is 59.0 Å². The number of aromatic nitrogens is 1. The molecule has 4 nitrogen and oxygen atoms in total. The Kier molecular flexibility index (Phi) is 4.67. The van der Waals surface area contributed by atoms with Crippen LogP contribution < -0.4 is 5.43 Å². The van der Waals surface area contributed by atoms with Crippen LogP contribution in [-0.2, 0) is 0 Å². The number of nitriles is 1. The van der Waals surface area contributed by atoms with Gasteiger partial charge in [-0.15, -0.1) is 11.3 Å². The number of hydrogen-bond acceptors (Lipinski definition) is 5. The second-order valence-corrected chi connectivity index (χ2v) is 5.94. The van der Waals surface area contributed by atoms with Gasteiger partial charge in [0, 0.05) is 16.0 Å². The Labute approximate surface area is 142 Å². The Morgan fingerprint density at radius 3 is 2.57 bits per heavy atom. The van der Waals surface area contributed by atoms with E-state index < -0.39 is 0 Å². The number of benzene rings is 2. The predicted molar refractivity (Wildman–Crippen MR) is 94.9 cm³/mol. The van der Waals surface area contributed by atoms with E-state index in [1.54, 1.807) is 18.3 Å². The van der Waals surface area contributed by atoms with E-state index in [0.717, 1.165) is 16.8 Å². The zero-order chi connectivity index (χ0) is 16.1. The summed E-state index contributed by atoms with van der Waals surface area (Å²) in [6.07, 6.45) is 1.69. The van der Waals surface area contributed by atoms with E-state index in [1.165, 1.54) is 11.3 Å². The van der Waals surface area contributed by atoms with E-state index in [-0.39, 0.29) is 0 Å². The van der Waals surface area contributed by atoms with Gasteiger partial charge in [0.15, 0.2) is 0 Å². The predicted octanol–water partition coefficient (Wildman–Crippen LogP) is 4.78. The molecule has 3 rings (SSSR count). The van der Waals surface area contributed by atoms with E-state index >= 15 is 0 Å². The first kappa shape index (κ1) is 15.2. The van der Waals surface area contributed by atoms with Crippen LogP contribution >= 0.6 is 22.9 Å². The molecule has 112 valence electrons. The largest absolute Gasteiger partial charge is 0.253 e. The van der Waals surface area contributed by atoms with Crippen molar-refractivity contribution in [3.8, 4) is 17.3 Å². The van der Waals surface area contributed by atoms with Crippen molar-refractivity contribution in [2.24, 2.45) is 5.10 Å². The molecule has 3 aromatic rings. The number of hydrogen-bond donors (Lipinski definition) is 1. The number of hydrazone groups is 1. The quantitative estimate of drug-likeness (QED) is 0.550. The highest BCUT2D eigenvalue weighted by molar-refractivity contribution is 7.14. The lowest BCUT2D eigenvalue weighted by molar-refractivity contribution is 1.29. The molecule has 0 spiro atoms. The fraction of sp³-hybridized carbons (Fsp3) is 0. The van der Waals surface area contributed by atoms with E-state index in [2.05, 4.69) is 21.6 Å². The highest BCUT2D eigenvalue weighted by Gasteiger charge is 2.03. The Hall–Kier alpha value is -2.68. The van der Waals surface area contributed by atoms with E-state index in [9.17, 15) is 0 Å². The average molecular weight is 339 g/mol. The van der Waals surface area contributed by atoms with E-state index in [0.29, 0.717) is 15.7 Å². The van der Waals surface area contributed by atoms with Crippen molar-refractivity contribution in [2.75, 3.05) is 5.43 Å². The minimum atomic E-state index is 0.627. The highest BCUT2D eigenvalue weighted by Crippen LogP contribution is 2.25. The van der Waals surface area contributed by atoms with E-state index in [4.69, 9.17) is 16.9 Å². The van der Waals surface area contributed by atoms with Crippen molar-refractivity contribution in [2.45, 2.75) is 0 Å². The van der Waals surface area contributed by atoms with Gasteiger partial charge in [0.1, 0.15) is 0 Å². The molecule has 0 unspecified atom stereocenters. The van der Waals surface area contributed by atoms with Crippen molar-refractivity contribution in [3.63, 3.8) is 0 Å². The van der Waals surface area contributed by atoms with Crippen molar-refractivity contribution >= 4 is 34.3 Å².